The number of hydrogen-bond donors (Lipinski definition) is 1. The normalized spacial score (nSPS) is 11.2. The Morgan fingerprint density at radius 1 is 1.11 bits per heavy atom. The van der Waals surface area contributed by atoms with Gasteiger partial charge in [-0.25, -0.2) is 8.78 Å². The van der Waals surface area contributed by atoms with Crippen LogP contribution in [0.1, 0.15) is 43.7 Å². The highest BCUT2D eigenvalue weighted by Gasteiger charge is 2.05. The maximum Gasteiger partial charge on any atom is 0.263 e. The minimum absolute atomic E-state index is 0.0769. The zero-order valence-electron chi connectivity index (χ0n) is 11.5. The number of ether oxygens (including phenoxy) is 1. The molecule has 0 aliphatic heterocycles. The summed E-state index contributed by atoms with van der Waals surface area (Å²) >= 11 is 0. The average Bonchev–Trinajstić information content (AvgIpc) is 2.42. The minimum Gasteiger partial charge on any atom is -0.381 e. The molecule has 1 aromatic carbocycles. The molecule has 1 aromatic rings. The highest BCUT2D eigenvalue weighted by molar-refractivity contribution is 5.23. The van der Waals surface area contributed by atoms with Gasteiger partial charge in [0.2, 0.25) is 0 Å². The van der Waals surface area contributed by atoms with E-state index in [4.69, 9.17) is 4.74 Å². The third-order valence-electron chi connectivity index (χ3n) is 2.85. The van der Waals surface area contributed by atoms with E-state index in [1.54, 1.807) is 12.1 Å². The predicted molar refractivity (Wildman–Crippen MR) is 73.4 cm³/mol. The molecule has 2 nitrogen and oxygen atoms in total. The molecule has 1 N–H and O–H groups in total. The van der Waals surface area contributed by atoms with Crippen LogP contribution in [0.5, 0.6) is 0 Å². The van der Waals surface area contributed by atoms with Gasteiger partial charge >= 0.3 is 0 Å². The lowest BCUT2D eigenvalue weighted by molar-refractivity contribution is 0.128. The van der Waals surface area contributed by atoms with Gasteiger partial charge in [-0.05, 0) is 24.9 Å². The van der Waals surface area contributed by atoms with Crippen molar-refractivity contribution in [2.24, 2.45) is 0 Å². The molecule has 0 saturated heterocycles. The van der Waals surface area contributed by atoms with Gasteiger partial charge in [0, 0.05) is 25.3 Å². The first-order chi connectivity index (χ1) is 9.24. The van der Waals surface area contributed by atoms with Gasteiger partial charge in [-0.2, -0.15) is 0 Å². The van der Waals surface area contributed by atoms with Gasteiger partial charge in [-0.3, -0.25) is 0 Å². The summed E-state index contributed by atoms with van der Waals surface area (Å²) in [6.45, 7) is 5.34. The number of alkyl halides is 2. The van der Waals surface area contributed by atoms with E-state index < -0.39 is 6.43 Å². The zero-order chi connectivity index (χ0) is 13.9. The molecule has 4 heteroatoms. The zero-order valence-corrected chi connectivity index (χ0v) is 11.5. The molecule has 0 unspecified atom stereocenters. The summed E-state index contributed by atoms with van der Waals surface area (Å²) in [5.74, 6) is 0. The summed E-state index contributed by atoms with van der Waals surface area (Å²) in [5.41, 5.74) is 1.10. The molecule has 0 aromatic heterocycles. The van der Waals surface area contributed by atoms with Crippen molar-refractivity contribution in [3.8, 4) is 0 Å². The molecule has 0 spiro atoms. The summed E-state index contributed by atoms with van der Waals surface area (Å²) in [4.78, 5) is 0. The van der Waals surface area contributed by atoms with Crippen LogP contribution >= 0.6 is 0 Å². The maximum atomic E-state index is 12.3. The number of benzene rings is 1. The Morgan fingerprint density at radius 2 is 1.79 bits per heavy atom. The molecule has 0 heterocycles. The molecule has 0 saturated carbocycles. The quantitative estimate of drug-likeness (QED) is 0.651. The molecule has 0 amide bonds. The smallest absolute Gasteiger partial charge is 0.263 e. The minimum atomic E-state index is -2.39. The second kappa shape index (κ2) is 9.87. The molecule has 1 rings (SSSR count). The van der Waals surface area contributed by atoms with Crippen molar-refractivity contribution < 1.29 is 13.5 Å². The van der Waals surface area contributed by atoms with Crippen LogP contribution in [0.3, 0.4) is 0 Å². The van der Waals surface area contributed by atoms with Crippen molar-refractivity contribution in [3.05, 3.63) is 35.4 Å². The first kappa shape index (κ1) is 16.1. The van der Waals surface area contributed by atoms with Crippen LogP contribution in [0, 0.1) is 0 Å². The van der Waals surface area contributed by atoms with Gasteiger partial charge in [0.15, 0.2) is 0 Å². The van der Waals surface area contributed by atoms with E-state index in [0.29, 0.717) is 6.54 Å². The molecule has 0 fully saturated rings. The lowest BCUT2D eigenvalue weighted by Gasteiger charge is -2.06. The van der Waals surface area contributed by atoms with Crippen LogP contribution < -0.4 is 5.32 Å². The van der Waals surface area contributed by atoms with Crippen molar-refractivity contribution >= 4 is 0 Å². The highest BCUT2D eigenvalue weighted by Crippen LogP contribution is 2.18. The number of unbranched alkanes of at least 4 members (excludes halogenated alkanes) is 1. The van der Waals surface area contributed by atoms with Crippen LogP contribution in [0.4, 0.5) is 8.78 Å². The first-order valence-electron chi connectivity index (χ1n) is 6.89. The van der Waals surface area contributed by atoms with Crippen LogP contribution in [0.25, 0.3) is 0 Å². The Bertz CT molecular complexity index is 327. The van der Waals surface area contributed by atoms with E-state index in [9.17, 15) is 8.78 Å². The van der Waals surface area contributed by atoms with Crippen LogP contribution in [0.2, 0.25) is 0 Å². The van der Waals surface area contributed by atoms with Gasteiger partial charge in [-0.15, -0.1) is 0 Å². The average molecular weight is 271 g/mol. The molecular weight excluding hydrogens is 248 g/mol. The SMILES string of the molecule is CCCCOCCCNCc1ccc(C(F)F)cc1. The van der Waals surface area contributed by atoms with E-state index in [0.717, 1.165) is 44.6 Å². The highest BCUT2D eigenvalue weighted by atomic mass is 19.3. The van der Waals surface area contributed by atoms with E-state index in [1.807, 2.05) is 0 Å². The van der Waals surface area contributed by atoms with Crippen molar-refractivity contribution in [2.75, 3.05) is 19.8 Å². The lowest BCUT2D eigenvalue weighted by atomic mass is 10.1. The number of rotatable bonds is 10. The maximum absolute atomic E-state index is 12.3. The molecular formula is C15H23F2NO. The van der Waals surface area contributed by atoms with Gasteiger partial charge in [0.25, 0.3) is 6.43 Å². The fourth-order valence-electron chi connectivity index (χ4n) is 1.66. The Morgan fingerprint density at radius 3 is 2.42 bits per heavy atom. The standard InChI is InChI=1S/C15H23F2NO/c1-2-3-10-19-11-4-9-18-12-13-5-7-14(8-6-13)15(16)17/h5-8,15,18H,2-4,9-12H2,1H3. The Hall–Kier alpha value is -1.00. The third-order valence-corrected chi connectivity index (χ3v) is 2.85. The van der Waals surface area contributed by atoms with Crippen LogP contribution in [0.15, 0.2) is 24.3 Å². The van der Waals surface area contributed by atoms with Gasteiger partial charge in [-0.1, -0.05) is 37.6 Å². The Balaban J connectivity index is 2.06. The fraction of sp³-hybridized carbons (Fsp3) is 0.600. The van der Waals surface area contributed by atoms with Crippen LogP contribution in [-0.2, 0) is 11.3 Å². The largest absolute Gasteiger partial charge is 0.381 e. The summed E-state index contributed by atoms with van der Waals surface area (Å²) in [6, 6.07) is 6.45. The van der Waals surface area contributed by atoms with Crippen molar-refractivity contribution in [2.45, 2.75) is 39.2 Å². The molecule has 108 valence electrons. The summed E-state index contributed by atoms with van der Waals surface area (Å²) < 4.78 is 30.1. The lowest BCUT2D eigenvalue weighted by Crippen LogP contribution is -2.16. The molecule has 0 atom stereocenters. The summed E-state index contributed by atoms with van der Waals surface area (Å²) in [7, 11) is 0. The second-order valence-corrected chi connectivity index (χ2v) is 4.54. The molecule has 0 bridgehead atoms. The van der Waals surface area contributed by atoms with Gasteiger partial charge in [0.1, 0.15) is 0 Å². The van der Waals surface area contributed by atoms with Gasteiger partial charge < -0.3 is 10.1 Å². The predicted octanol–water partition coefficient (Wildman–Crippen LogP) is 3.92. The second-order valence-electron chi connectivity index (χ2n) is 4.54. The van der Waals surface area contributed by atoms with Crippen LogP contribution in [-0.4, -0.2) is 19.8 Å². The molecule has 19 heavy (non-hydrogen) atoms. The number of nitrogens with one attached hydrogen (secondary N) is 1. The van der Waals surface area contributed by atoms with Gasteiger partial charge in [0.05, 0.1) is 0 Å². The topological polar surface area (TPSA) is 21.3 Å². The van der Waals surface area contributed by atoms with Crippen molar-refractivity contribution in [1.82, 2.24) is 5.32 Å². The Labute approximate surface area is 114 Å². The van der Waals surface area contributed by atoms with Crippen molar-refractivity contribution in [1.29, 1.82) is 0 Å². The van der Waals surface area contributed by atoms with E-state index in [2.05, 4.69) is 12.2 Å². The number of halogens is 2. The third kappa shape index (κ3) is 7.23. The summed E-state index contributed by atoms with van der Waals surface area (Å²) in [5, 5.41) is 3.27. The molecule has 0 radical (unpaired) electrons. The van der Waals surface area contributed by atoms with Crippen molar-refractivity contribution in [3.63, 3.8) is 0 Å². The monoisotopic (exact) mass is 271 g/mol. The van der Waals surface area contributed by atoms with E-state index in [1.165, 1.54) is 12.1 Å². The summed E-state index contributed by atoms with van der Waals surface area (Å²) in [6.07, 6.45) is 0.859. The number of hydrogen-bond acceptors (Lipinski definition) is 2. The molecule has 0 aliphatic carbocycles. The molecule has 0 aliphatic rings. The fourth-order valence-corrected chi connectivity index (χ4v) is 1.66. The van der Waals surface area contributed by atoms with E-state index >= 15 is 0 Å². The van der Waals surface area contributed by atoms with E-state index in [-0.39, 0.29) is 5.56 Å². The Kier molecular flexibility index (Phi) is 8.34. The first-order valence-corrected chi connectivity index (χ1v) is 6.89.